The van der Waals surface area contributed by atoms with Crippen molar-refractivity contribution in [1.29, 1.82) is 0 Å². The maximum absolute atomic E-state index is 12.6. The topological polar surface area (TPSA) is 120 Å². The largest absolute Gasteiger partial charge is 0.493 e. The van der Waals surface area contributed by atoms with Crippen LogP contribution in [0.1, 0.15) is 23.7 Å². The van der Waals surface area contributed by atoms with Crippen LogP contribution in [0.25, 0.3) is 0 Å². The number of methoxy groups -OCH3 is 1. The first-order chi connectivity index (χ1) is 14.9. The first kappa shape index (κ1) is 22.0. The van der Waals surface area contributed by atoms with E-state index < -0.39 is 10.0 Å². The Labute approximate surface area is 180 Å². The van der Waals surface area contributed by atoms with Gasteiger partial charge >= 0.3 is 0 Å². The summed E-state index contributed by atoms with van der Waals surface area (Å²) in [5.41, 5.74) is 0.838. The van der Waals surface area contributed by atoms with Gasteiger partial charge in [0.25, 0.3) is 15.9 Å². The lowest BCUT2D eigenvalue weighted by atomic mass is 10.2. The predicted octanol–water partition coefficient (Wildman–Crippen LogP) is 3.33. The van der Waals surface area contributed by atoms with Gasteiger partial charge in [-0.2, -0.15) is 0 Å². The molecule has 10 heteroatoms. The molecule has 0 unspecified atom stereocenters. The number of rotatable bonds is 9. The second-order valence-corrected chi connectivity index (χ2v) is 8.06. The van der Waals surface area contributed by atoms with Crippen molar-refractivity contribution >= 4 is 27.4 Å². The molecule has 31 heavy (non-hydrogen) atoms. The van der Waals surface area contributed by atoms with E-state index in [-0.39, 0.29) is 22.5 Å². The number of sulfonamides is 1. The molecule has 2 aromatic carbocycles. The number of anilines is 2. The molecule has 0 radical (unpaired) electrons. The van der Waals surface area contributed by atoms with E-state index in [1.165, 1.54) is 43.8 Å². The van der Waals surface area contributed by atoms with Gasteiger partial charge in [0.2, 0.25) is 5.88 Å². The zero-order chi connectivity index (χ0) is 22.3. The minimum absolute atomic E-state index is 0.00903. The van der Waals surface area contributed by atoms with Crippen molar-refractivity contribution in [3.8, 4) is 11.6 Å². The summed E-state index contributed by atoms with van der Waals surface area (Å²) in [7, 11) is -2.46. The number of hydrogen-bond acceptors (Lipinski definition) is 7. The molecule has 2 N–H and O–H groups in total. The Morgan fingerprint density at radius 1 is 1.06 bits per heavy atom. The lowest BCUT2D eigenvalue weighted by Crippen LogP contribution is -2.15. The summed E-state index contributed by atoms with van der Waals surface area (Å²) in [4.78, 5) is 20.3. The van der Waals surface area contributed by atoms with E-state index in [2.05, 4.69) is 20.0 Å². The molecule has 1 heterocycles. The first-order valence-corrected chi connectivity index (χ1v) is 10.9. The maximum atomic E-state index is 12.6. The second-order valence-electron chi connectivity index (χ2n) is 6.37. The number of hydrogen-bond donors (Lipinski definition) is 2. The SMILES string of the molecule is CCCOc1ccccc1C(=O)Nc1ccc(S(=O)(=O)Nc2cc(OC)ncn2)cc1. The number of amides is 1. The van der Waals surface area contributed by atoms with E-state index in [1.54, 1.807) is 24.3 Å². The number of para-hydroxylation sites is 1. The molecule has 0 aliphatic rings. The monoisotopic (exact) mass is 442 g/mol. The van der Waals surface area contributed by atoms with Crippen LogP contribution >= 0.6 is 0 Å². The molecule has 1 amide bonds. The lowest BCUT2D eigenvalue weighted by Gasteiger charge is -2.12. The first-order valence-electron chi connectivity index (χ1n) is 9.45. The Kier molecular flexibility index (Phi) is 7.03. The number of carbonyl (C=O) groups excluding carboxylic acids is 1. The zero-order valence-corrected chi connectivity index (χ0v) is 17.8. The number of benzene rings is 2. The number of nitrogens with zero attached hydrogens (tertiary/aromatic N) is 2. The molecule has 162 valence electrons. The minimum Gasteiger partial charge on any atom is -0.493 e. The number of aromatic nitrogens is 2. The van der Waals surface area contributed by atoms with Gasteiger partial charge < -0.3 is 14.8 Å². The van der Waals surface area contributed by atoms with E-state index >= 15 is 0 Å². The van der Waals surface area contributed by atoms with Crippen molar-refractivity contribution in [2.75, 3.05) is 23.8 Å². The molecule has 3 aromatic rings. The van der Waals surface area contributed by atoms with Crippen molar-refractivity contribution in [2.45, 2.75) is 18.2 Å². The number of nitrogens with one attached hydrogen (secondary N) is 2. The third kappa shape index (κ3) is 5.70. The standard InChI is InChI=1S/C21H22N4O5S/c1-3-12-30-18-7-5-4-6-17(18)21(26)24-15-8-10-16(11-9-15)31(27,28)25-19-13-20(29-2)23-14-22-19/h4-11,13-14H,3,12H2,1-2H3,(H,24,26)(H,22,23,25). The van der Waals surface area contributed by atoms with Crippen LogP contribution in [0.5, 0.6) is 11.6 Å². The van der Waals surface area contributed by atoms with Crippen LogP contribution in [0.15, 0.2) is 65.8 Å². The van der Waals surface area contributed by atoms with Crippen molar-refractivity contribution in [1.82, 2.24) is 9.97 Å². The summed E-state index contributed by atoms with van der Waals surface area (Å²) in [6.07, 6.45) is 2.01. The highest BCUT2D eigenvalue weighted by molar-refractivity contribution is 7.92. The van der Waals surface area contributed by atoms with Gasteiger partial charge in [0.15, 0.2) is 0 Å². The smallest absolute Gasteiger partial charge is 0.263 e. The van der Waals surface area contributed by atoms with Gasteiger partial charge in [-0.05, 0) is 42.8 Å². The fraction of sp³-hybridized carbons (Fsp3) is 0.190. The van der Waals surface area contributed by atoms with Gasteiger partial charge in [-0.15, -0.1) is 0 Å². The van der Waals surface area contributed by atoms with E-state index in [1.807, 2.05) is 6.92 Å². The van der Waals surface area contributed by atoms with E-state index in [9.17, 15) is 13.2 Å². The lowest BCUT2D eigenvalue weighted by molar-refractivity contribution is 0.102. The summed E-state index contributed by atoms with van der Waals surface area (Å²) >= 11 is 0. The van der Waals surface area contributed by atoms with E-state index in [0.29, 0.717) is 23.6 Å². The Hall–Kier alpha value is -3.66. The molecular weight excluding hydrogens is 420 g/mol. The summed E-state index contributed by atoms with van der Waals surface area (Å²) in [5.74, 6) is 0.445. The molecule has 0 aliphatic heterocycles. The minimum atomic E-state index is -3.88. The fourth-order valence-electron chi connectivity index (χ4n) is 2.61. The van der Waals surface area contributed by atoms with Crippen molar-refractivity contribution in [2.24, 2.45) is 0 Å². The second kappa shape index (κ2) is 9.90. The van der Waals surface area contributed by atoms with Gasteiger partial charge in [-0.25, -0.2) is 18.4 Å². The van der Waals surface area contributed by atoms with E-state index in [4.69, 9.17) is 9.47 Å². The molecule has 9 nitrogen and oxygen atoms in total. The maximum Gasteiger partial charge on any atom is 0.263 e. The predicted molar refractivity (Wildman–Crippen MR) is 116 cm³/mol. The van der Waals surface area contributed by atoms with Gasteiger partial charge in [-0.3, -0.25) is 9.52 Å². The third-order valence-electron chi connectivity index (χ3n) is 4.11. The molecule has 0 saturated heterocycles. The van der Waals surface area contributed by atoms with Crippen LogP contribution in [-0.2, 0) is 10.0 Å². The molecule has 0 bridgehead atoms. The zero-order valence-electron chi connectivity index (χ0n) is 17.0. The molecule has 0 aliphatic carbocycles. The fourth-order valence-corrected chi connectivity index (χ4v) is 3.61. The summed E-state index contributed by atoms with van der Waals surface area (Å²) in [6, 6.07) is 14.1. The number of ether oxygens (including phenoxy) is 2. The molecule has 1 aromatic heterocycles. The van der Waals surface area contributed by atoms with Gasteiger partial charge in [-0.1, -0.05) is 19.1 Å². The highest BCUT2D eigenvalue weighted by Crippen LogP contribution is 2.22. The van der Waals surface area contributed by atoms with Crippen LogP contribution in [-0.4, -0.2) is 38.0 Å². The average molecular weight is 442 g/mol. The van der Waals surface area contributed by atoms with Crippen LogP contribution < -0.4 is 19.5 Å². The van der Waals surface area contributed by atoms with Crippen molar-refractivity contribution in [3.63, 3.8) is 0 Å². The highest BCUT2D eigenvalue weighted by atomic mass is 32.2. The van der Waals surface area contributed by atoms with Gasteiger partial charge in [0.05, 0.1) is 24.2 Å². The molecular formula is C21H22N4O5S. The average Bonchev–Trinajstić information content (AvgIpc) is 2.78. The quantitative estimate of drug-likeness (QED) is 0.522. The van der Waals surface area contributed by atoms with Crippen molar-refractivity contribution in [3.05, 3.63) is 66.5 Å². The summed E-state index contributed by atoms with van der Waals surface area (Å²) in [6.45, 7) is 2.48. The Morgan fingerprint density at radius 2 is 1.81 bits per heavy atom. The van der Waals surface area contributed by atoms with E-state index in [0.717, 1.165) is 6.42 Å². The van der Waals surface area contributed by atoms with Gasteiger partial charge in [0.1, 0.15) is 17.9 Å². The summed E-state index contributed by atoms with van der Waals surface area (Å²) < 4.78 is 38.1. The molecule has 0 saturated carbocycles. The highest BCUT2D eigenvalue weighted by Gasteiger charge is 2.17. The van der Waals surface area contributed by atoms with Crippen LogP contribution in [0.3, 0.4) is 0 Å². The molecule has 0 spiro atoms. The van der Waals surface area contributed by atoms with Crippen LogP contribution in [0, 0.1) is 0 Å². The van der Waals surface area contributed by atoms with Gasteiger partial charge in [0, 0.05) is 11.8 Å². The van der Waals surface area contributed by atoms with Crippen LogP contribution in [0.2, 0.25) is 0 Å². The summed E-state index contributed by atoms with van der Waals surface area (Å²) in [5, 5.41) is 2.75. The molecule has 0 atom stereocenters. The third-order valence-corrected chi connectivity index (χ3v) is 5.48. The normalized spacial score (nSPS) is 10.9. The van der Waals surface area contributed by atoms with Crippen molar-refractivity contribution < 1.29 is 22.7 Å². The Balaban J connectivity index is 1.72. The Morgan fingerprint density at radius 3 is 2.52 bits per heavy atom. The molecule has 3 rings (SSSR count). The number of carbonyl (C=O) groups is 1. The van der Waals surface area contributed by atoms with Crippen LogP contribution in [0.4, 0.5) is 11.5 Å². The molecule has 0 fully saturated rings. The Bertz CT molecular complexity index is 1150.